The molecule has 0 aliphatic rings. The van der Waals surface area contributed by atoms with Crippen LogP contribution in [0.25, 0.3) is 0 Å². The second kappa shape index (κ2) is 6.97. The van der Waals surface area contributed by atoms with E-state index in [2.05, 4.69) is 4.98 Å². The molecule has 3 nitrogen and oxygen atoms in total. The van der Waals surface area contributed by atoms with Crippen molar-refractivity contribution in [3.05, 3.63) is 65.2 Å². The van der Waals surface area contributed by atoms with Crippen LogP contribution in [0, 0.1) is 12.9 Å². The van der Waals surface area contributed by atoms with Gasteiger partial charge in [0.15, 0.2) is 0 Å². The zero-order chi connectivity index (χ0) is 15.2. The largest absolute Gasteiger partial charge is 0.334 e. The van der Waals surface area contributed by atoms with Gasteiger partial charge in [-0.05, 0) is 31.0 Å². The topological polar surface area (TPSA) is 33.2 Å². The van der Waals surface area contributed by atoms with E-state index in [1.165, 1.54) is 23.9 Å². The molecule has 0 bridgehead atoms. The third kappa shape index (κ3) is 4.12. The van der Waals surface area contributed by atoms with E-state index in [0.717, 1.165) is 12.0 Å². The van der Waals surface area contributed by atoms with Gasteiger partial charge in [0.25, 0.3) is 5.91 Å². The van der Waals surface area contributed by atoms with E-state index in [1.807, 2.05) is 38.1 Å². The molecule has 21 heavy (non-hydrogen) atoms. The highest BCUT2D eigenvalue weighted by Crippen LogP contribution is 2.11. The molecule has 1 aromatic heterocycles. The van der Waals surface area contributed by atoms with Crippen molar-refractivity contribution in [3.63, 3.8) is 0 Å². The van der Waals surface area contributed by atoms with Crippen LogP contribution >= 0.6 is 0 Å². The van der Waals surface area contributed by atoms with Gasteiger partial charge >= 0.3 is 0 Å². The van der Waals surface area contributed by atoms with Gasteiger partial charge in [-0.1, -0.05) is 36.8 Å². The van der Waals surface area contributed by atoms with E-state index in [1.54, 1.807) is 4.90 Å². The van der Waals surface area contributed by atoms with Crippen molar-refractivity contribution in [3.8, 4) is 0 Å². The van der Waals surface area contributed by atoms with Crippen molar-refractivity contribution in [2.75, 3.05) is 6.54 Å². The molecule has 0 fully saturated rings. The van der Waals surface area contributed by atoms with Crippen LogP contribution in [-0.4, -0.2) is 22.3 Å². The molecule has 0 N–H and O–H groups in total. The summed E-state index contributed by atoms with van der Waals surface area (Å²) < 4.78 is 12.8. The number of aryl methyl sites for hydroxylation is 1. The Hall–Kier alpha value is -2.23. The van der Waals surface area contributed by atoms with Gasteiger partial charge in [-0.3, -0.25) is 4.79 Å². The van der Waals surface area contributed by atoms with Crippen LogP contribution in [0.1, 0.15) is 34.8 Å². The first-order chi connectivity index (χ1) is 10.1. The van der Waals surface area contributed by atoms with Crippen LogP contribution in [0.2, 0.25) is 0 Å². The summed E-state index contributed by atoms with van der Waals surface area (Å²) in [5.41, 5.74) is 2.68. The van der Waals surface area contributed by atoms with Gasteiger partial charge in [-0.15, -0.1) is 0 Å². The smallest absolute Gasteiger partial charge is 0.255 e. The summed E-state index contributed by atoms with van der Waals surface area (Å²) in [5, 5.41) is 0. The average Bonchev–Trinajstić information content (AvgIpc) is 2.49. The first kappa shape index (κ1) is 15.2. The zero-order valence-corrected chi connectivity index (χ0v) is 12.3. The lowest BCUT2D eigenvalue weighted by molar-refractivity contribution is 0.0742. The lowest BCUT2D eigenvalue weighted by atomic mass is 10.1. The molecule has 0 aliphatic carbocycles. The third-order valence-corrected chi connectivity index (χ3v) is 3.25. The highest BCUT2D eigenvalue weighted by Gasteiger charge is 2.15. The van der Waals surface area contributed by atoms with Crippen LogP contribution in [0.15, 0.2) is 42.6 Å². The number of amides is 1. The lowest BCUT2D eigenvalue weighted by Crippen LogP contribution is -2.31. The third-order valence-electron chi connectivity index (χ3n) is 3.25. The van der Waals surface area contributed by atoms with E-state index >= 15 is 0 Å². The standard InChI is InChI=1S/C17H19FN2O/c1-3-10-20(12-14-6-4-13(2)5-7-14)17(21)15-8-9-16(18)19-11-15/h4-9,11H,3,10,12H2,1-2H3. The Kier molecular flexibility index (Phi) is 5.04. The molecular weight excluding hydrogens is 267 g/mol. The van der Waals surface area contributed by atoms with Gasteiger partial charge in [0.2, 0.25) is 5.95 Å². The first-order valence-corrected chi connectivity index (χ1v) is 7.06. The van der Waals surface area contributed by atoms with Crippen molar-refractivity contribution in [2.24, 2.45) is 0 Å². The van der Waals surface area contributed by atoms with E-state index < -0.39 is 5.95 Å². The van der Waals surface area contributed by atoms with Gasteiger partial charge in [0, 0.05) is 19.3 Å². The quantitative estimate of drug-likeness (QED) is 0.787. The van der Waals surface area contributed by atoms with Crippen LogP contribution in [-0.2, 0) is 6.54 Å². The summed E-state index contributed by atoms with van der Waals surface area (Å²) in [7, 11) is 0. The monoisotopic (exact) mass is 286 g/mol. The van der Waals surface area contributed by atoms with E-state index in [-0.39, 0.29) is 5.91 Å². The Morgan fingerprint density at radius 1 is 1.19 bits per heavy atom. The number of carbonyl (C=O) groups is 1. The fraction of sp³-hybridized carbons (Fsp3) is 0.294. The second-order valence-corrected chi connectivity index (χ2v) is 5.08. The minimum absolute atomic E-state index is 0.120. The Labute approximate surface area is 124 Å². The van der Waals surface area contributed by atoms with E-state index in [4.69, 9.17) is 0 Å². The Bertz CT molecular complexity index is 593. The number of hydrogen-bond donors (Lipinski definition) is 0. The number of pyridine rings is 1. The van der Waals surface area contributed by atoms with Crippen LogP contribution in [0.5, 0.6) is 0 Å². The Morgan fingerprint density at radius 2 is 1.90 bits per heavy atom. The van der Waals surface area contributed by atoms with Gasteiger partial charge in [0.1, 0.15) is 0 Å². The molecule has 0 saturated heterocycles. The molecule has 0 saturated carbocycles. The van der Waals surface area contributed by atoms with E-state index in [0.29, 0.717) is 18.7 Å². The molecular formula is C17H19FN2O. The summed E-state index contributed by atoms with van der Waals surface area (Å²) in [6.45, 7) is 5.26. The molecule has 0 aliphatic heterocycles. The molecule has 0 spiro atoms. The highest BCUT2D eigenvalue weighted by atomic mass is 19.1. The number of rotatable bonds is 5. The summed E-state index contributed by atoms with van der Waals surface area (Å²) >= 11 is 0. The SMILES string of the molecule is CCCN(Cc1ccc(C)cc1)C(=O)c1ccc(F)nc1. The number of aromatic nitrogens is 1. The van der Waals surface area contributed by atoms with Crippen molar-refractivity contribution in [1.29, 1.82) is 0 Å². The van der Waals surface area contributed by atoms with Crippen molar-refractivity contribution < 1.29 is 9.18 Å². The fourth-order valence-corrected chi connectivity index (χ4v) is 2.12. The first-order valence-electron chi connectivity index (χ1n) is 7.06. The Balaban J connectivity index is 2.15. The van der Waals surface area contributed by atoms with Crippen LogP contribution in [0.4, 0.5) is 4.39 Å². The summed E-state index contributed by atoms with van der Waals surface area (Å²) in [5.74, 6) is -0.697. The van der Waals surface area contributed by atoms with Gasteiger partial charge in [0.05, 0.1) is 5.56 Å². The molecule has 2 aromatic rings. The molecule has 1 amide bonds. The van der Waals surface area contributed by atoms with Crippen LogP contribution < -0.4 is 0 Å². The maximum Gasteiger partial charge on any atom is 0.255 e. The predicted octanol–water partition coefficient (Wildman–Crippen LogP) is 3.58. The molecule has 2 rings (SSSR count). The molecule has 1 aromatic carbocycles. The molecule has 1 heterocycles. The van der Waals surface area contributed by atoms with Crippen molar-refractivity contribution in [1.82, 2.24) is 9.88 Å². The molecule has 0 unspecified atom stereocenters. The summed E-state index contributed by atoms with van der Waals surface area (Å²) in [6, 6.07) is 10.8. The average molecular weight is 286 g/mol. The van der Waals surface area contributed by atoms with Crippen LogP contribution in [0.3, 0.4) is 0 Å². The maximum absolute atomic E-state index is 12.8. The zero-order valence-electron chi connectivity index (χ0n) is 12.3. The van der Waals surface area contributed by atoms with Crippen molar-refractivity contribution in [2.45, 2.75) is 26.8 Å². The van der Waals surface area contributed by atoms with Gasteiger partial charge in [-0.25, -0.2) is 4.98 Å². The van der Waals surface area contributed by atoms with E-state index in [9.17, 15) is 9.18 Å². The minimum atomic E-state index is -0.577. The number of benzene rings is 1. The minimum Gasteiger partial charge on any atom is -0.334 e. The molecule has 4 heteroatoms. The highest BCUT2D eigenvalue weighted by molar-refractivity contribution is 5.93. The molecule has 0 radical (unpaired) electrons. The number of nitrogens with zero attached hydrogens (tertiary/aromatic N) is 2. The molecule has 110 valence electrons. The lowest BCUT2D eigenvalue weighted by Gasteiger charge is -2.22. The Morgan fingerprint density at radius 3 is 2.48 bits per heavy atom. The van der Waals surface area contributed by atoms with Crippen molar-refractivity contribution >= 4 is 5.91 Å². The number of halogens is 1. The maximum atomic E-state index is 12.8. The summed E-state index contributed by atoms with van der Waals surface area (Å²) in [4.78, 5) is 17.8. The fourth-order valence-electron chi connectivity index (χ4n) is 2.12. The number of hydrogen-bond acceptors (Lipinski definition) is 2. The normalized spacial score (nSPS) is 10.4. The summed E-state index contributed by atoms with van der Waals surface area (Å²) in [6.07, 6.45) is 2.15. The second-order valence-electron chi connectivity index (χ2n) is 5.08. The van der Waals surface area contributed by atoms with Gasteiger partial charge in [-0.2, -0.15) is 4.39 Å². The van der Waals surface area contributed by atoms with Gasteiger partial charge < -0.3 is 4.90 Å². The molecule has 0 atom stereocenters. The predicted molar refractivity (Wildman–Crippen MR) is 80.4 cm³/mol. The number of carbonyl (C=O) groups excluding carboxylic acids is 1.